The van der Waals surface area contributed by atoms with Gasteiger partial charge in [-0.15, -0.1) is 0 Å². The highest BCUT2D eigenvalue weighted by atomic mass is 16.5. The molecular formula is C13H19NO2. The molecule has 88 valence electrons. The molecule has 0 radical (unpaired) electrons. The Hall–Kier alpha value is -1.22. The Morgan fingerprint density at radius 3 is 2.88 bits per heavy atom. The third-order valence-electron chi connectivity index (χ3n) is 2.95. The monoisotopic (exact) mass is 221 g/mol. The van der Waals surface area contributed by atoms with Crippen LogP contribution in [0.2, 0.25) is 0 Å². The highest BCUT2D eigenvalue weighted by molar-refractivity contribution is 5.44. The van der Waals surface area contributed by atoms with Crippen molar-refractivity contribution < 1.29 is 9.47 Å². The molecule has 2 rings (SSSR count). The molecule has 0 aliphatic carbocycles. The molecule has 3 heteroatoms. The van der Waals surface area contributed by atoms with Gasteiger partial charge in [0.15, 0.2) is 11.5 Å². The fourth-order valence-corrected chi connectivity index (χ4v) is 2.15. The van der Waals surface area contributed by atoms with Crippen molar-refractivity contribution >= 4 is 0 Å². The van der Waals surface area contributed by atoms with E-state index in [2.05, 4.69) is 17.4 Å². The average Bonchev–Trinajstić information content (AvgIpc) is 2.83. The fraction of sp³-hybridized carbons (Fsp3) is 0.538. The summed E-state index contributed by atoms with van der Waals surface area (Å²) < 4.78 is 10.8. The fourth-order valence-electron chi connectivity index (χ4n) is 2.15. The third kappa shape index (κ3) is 2.30. The Labute approximate surface area is 96.8 Å². The van der Waals surface area contributed by atoms with Gasteiger partial charge < -0.3 is 14.8 Å². The molecule has 16 heavy (non-hydrogen) atoms. The molecule has 1 aliphatic rings. The Kier molecular flexibility index (Phi) is 3.67. The van der Waals surface area contributed by atoms with Crippen LogP contribution >= 0.6 is 0 Å². The summed E-state index contributed by atoms with van der Waals surface area (Å²) in [5.74, 6) is 1.65. The molecule has 1 fully saturated rings. The van der Waals surface area contributed by atoms with Crippen molar-refractivity contribution in [2.75, 3.05) is 20.3 Å². The summed E-state index contributed by atoms with van der Waals surface area (Å²) in [4.78, 5) is 0. The molecule has 1 N–H and O–H groups in total. The van der Waals surface area contributed by atoms with E-state index in [0.717, 1.165) is 18.0 Å². The van der Waals surface area contributed by atoms with Crippen LogP contribution in [-0.2, 0) is 0 Å². The van der Waals surface area contributed by atoms with E-state index in [0.29, 0.717) is 12.6 Å². The summed E-state index contributed by atoms with van der Waals surface area (Å²) in [6.07, 6.45) is 2.46. The lowest BCUT2D eigenvalue weighted by Crippen LogP contribution is -2.13. The van der Waals surface area contributed by atoms with Gasteiger partial charge in [0.25, 0.3) is 0 Å². The number of hydrogen-bond donors (Lipinski definition) is 1. The van der Waals surface area contributed by atoms with Gasteiger partial charge in [0, 0.05) is 6.04 Å². The number of methoxy groups -OCH3 is 1. The summed E-state index contributed by atoms with van der Waals surface area (Å²) in [5.41, 5.74) is 1.29. The summed E-state index contributed by atoms with van der Waals surface area (Å²) in [6, 6.07) is 6.67. The van der Waals surface area contributed by atoms with Crippen LogP contribution in [0.25, 0.3) is 0 Å². The lowest BCUT2D eigenvalue weighted by atomic mass is 10.0. The lowest BCUT2D eigenvalue weighted by molar-refractivity contribution is 0.310. The van der Waals surface area contributed by atoms with Gasteiger partial charge >= 0.3 is 0 Å². The zero-order chi connectivity index (χ0) is 11.4. The van der Waals surface area contributed by atoms with Crippen LogP contribution in [0.15, 0.2) is 18.2 Å². The normalized spacial score (nSPS) is 19.8. The van der Waals surface area contributed by atoms with Crippen molar-refractivity contribution in [3.05, 3.63) is 23.8 Å². The number of hydrogen-bond acceptors (Lipinski definition) is 3. The van der Waals surface area contributed by atoms with E-state index in [1.807, 2.05) is 13.0 Å². The predicted molar refractivity (Wildman–Crippen MR) is 64.1 cm³/mol. The van der Waals surface area contributed by atoms with Crippen LogP contribution in [-0.4, -0.2) is 20.3 Å². The summed E-state index contributed by atoms with van der Waals surface area (Å²) in [5, 5.41) is 3.48. The second-order valence-corrected chi connectivity index (χ2v) is 3.99. The van der Waals surface area contributed by atoms with Crippen molar-refractivity contribution in [2.45, 2.75) is 25.8 Å². The second kappa shape index (κ2) is 5.21. The maximum atomic E-state index is 5.58. The largest absolute Gasteiger partial charge is 0.493 e. The van der Waals surface area contributed by atoms with Crippen LogP contribution in [0.3, 0.4) is 0 Å². The quantitative estimate of drug-likeness (QED) is 0.847. The van der Waals surface area contributed by atoms with Crippen molar-refractivity contribution in [3.63, 3.8) is 0 Å². The Morgan fingerprint density at radius 1 is 1.38 bits per heavy atom. The van der Waals surface area contributed by atoms with Crippen LogP contribution in [0.5, 0.6) is 11.5 Å². The maximum Gasteiger partial charge on any atom is 0.161 e. The first-order chi connectivity index (χ1) is 7.85. The zero-order valence-electron chi connectivity index (χ0n) is 9.95. The molecule has 0 amide bonds. The minimum Gasteiger partial charge on any atom is -0.493 e. The average molecular weight is 221 g/mol. The molecule has 1 aromatic carbocycles. The highest BCUT2D eigenvalue weighted by Gasteiger charge is 2.17. The van der Waals surface area contributed by atoms with E-state index >= 15 is 0 Å². The van der Waals surface area contributed by atoms with Crippen LogP contribution in [0.4, 0.5) is 0 Å². The lowest BCUT2D eigenvalue weighted by Gasteiger charge is -2.14. The van der Waals surface area contributed by atoms with Crippen molar-refractivity contribution in [1.82, 2.24) is 5.32 Å². The van der Waals surface area contributed by atoms with Gasteiger partial charge in [0.2, 0.25) is 0 Å². The smallest absolute Gasteiger partial charge is 0.161 e. The van der Waals surface area contributed by atoms with E-state index in [4.69, 9.17) is 9.47 Å². The van der Waals surface area contributed by atoms with Gasteiger partial charge in [-0.3, -0.25) is 0 Å². The number of nitrogens with one attached hydrogen (secondary N) is 1. The number of benzene rings is 1. The first-order valence-corrected chi connectivity index (χ1v) is 5.89. The van der Waals surface area contributed by atoms with Gasteiger partial charge in [0.1, 0.15) is 0 Å². The number of rotatable bonds is 4. The first-order valence-electron chi connectivity index (χ1n) is 5.89. The van der Waals surface area contributed by atoms with E-state index < -0.39 is 0 Å². The molecule has 3 nitrogen and oxygen atoms in total. The maximum absolute atomic E-state index is 5.58. The standard InChI is InChI=1S/C13H19NO2/c1-3-16-13-9-10(6-7-12(13)15-2)11-5-4-8-14-11/h6-7,9,11,14H,3-5,8H2,1-2H3/t11-/m0/s1. The zero-order valence-corrected chi connectivity index (χ0v) is 9.95. The van der Waals surface area contributed by atoms with Gasteiger partial charge in [0.05, 0.1) is 13.7 Å². The molecule has 1 saturated heterocycles. The van der Waals surface area contributed by atoms with Gasteiger partial charge in [-0.1, -0.05) is 6.07 Å². The summed E-state index contributed by atoms with van der Waals surface area (Å²) in [6.45, 7) is 3.76. The van der Waals surface area contributed by atoms with E-state index in [9.17, 15) is 0 Å². The minimum atomic E-state index is 0.477. The summed E-state index contributed by atoms with van der Waals surface area (Å²) in [7, 11) is 1.67. The van der Waals surface area contributed by atoms with Crippen molar-refractivity contribution in [3.8, 4) is 11.5 Å². The molecule has 0 aromatic heterocycles. The van der Waals surface area contributed by atoms with Gasteiger partial charge in [-0.25, -0.2) is 0 Å². The first kappa shape index (κ1) is 11.3. The van der Waals surface area contributed by atoms with Crippen molar-refractivity contribution in [1.29, 1.82) is 0 Å². The molecule has 1 aromatic rings. The Morgan fingerprint density at radius 2 is 2.25 bits per heavy atom. The summed E-state index contributed by atoms with van der Waals surface area (Å²) >= 11 is 0. The minimum absolute atomic E-state index is 0.477. The Balaban J connectivity index is 2.23. The number of ether oxygens (including phenoxy) is 2. The molecule has 1 atom stereocenters. The van der Waals surface area contributed by atoms with Crippen LogP contribution in [0.1, 0.15) is 31.4 Å². The highest BCUT2D eigenvalue weighted by Crippen LogP contribution is 2.32. The predicted octanol–water partition coefficient (Wildman–Crippen LogP) is 2.52. The second-order valence-electron chi connectivity index (χ2n) is 3.99. The van der Waals surface area contributed by atoms with Crippen LogP contribution in [0, 0.1) is 0 Å². The van der Waals surface area contributed by atoms with Crippen molar-refractivity contribution in [2.24, 2.45) is 0 Å². The molecule has 1 aliphatic heterocycles. The molecular weight excluding hydrogens is 202 g/mol. The molecule has 0 spiro atoms. The van der Waals surface area contributed by atoms with E-state index in [-0.39, 0.29) is 0 Å². The van der Waals surface area contributed by atoms with Gasteiger partial charge in [-0.05, 0) is 44.0 Å². The molecule has 0 bridgehead atoms. The molecule has 0 saturated carbocycles. The van der Waals surface area contributed by atoms with Gasteiger partial charge in [-0.2, -0.15) is 0 Å². The topological polar surface area (TPSA) is 30.5 Å². The molecule has 1 heterocycles. The van der Waals surface area contributed by atoms with Crippen LogP contribution < -0.4 is 14.8 Å². The SMILES string of the molecule is CCOc1cc([C@@H]2CCCN2)ccc1OC. The molecule has 0 unspecified atom stereocenters. The van der Waals surface area contributed by atoms with E-state index in [1.165, 1.54) is 18.4 Å². The Bertz CT molecular complexity index is 346. The van der Waals surface area contributed by atoms with E-state index in [1.54, 1.807) is 7.11 Å². The third-order valence-corrected chi connectivity index (χ3v) is 2.95.